The highest BCUT2D eigenvalue weighted by Gasteiger charge is 2.23. The SMILES string of the molecule is COc1c(Br)cc(-c2ccccc2NC(=O)C(C)(C)C)c2cccnc12. The third-order valence-corrected chi connectivity index (χ3v) is 4.74. The highest BCUT2D eigenvalue weighted by Crippen LogP contribution is 2.41. The van der Waals surface area contributed by atoms with Crippen LogP contribution in [0, 0.1) is 5.41 Å². The minimum absolute atomic E-state index is 0.0278. The van der Waals surface area contributed by atoms with Crippen LogP contribution < -0.4 is 10.1 Å². The number of ether oxygens (including phenoxy) is 1. The lowest BCUT2D eigenvalue weighted by atomic mass is 9.94. The quantitative estimate of drug-likeness (QED) is 0.603. The van der Waals surface area contributed by atoms with Crippen molar-refractivity contribution in [1.29, 1.82) is 0 Å². The second-order valence-electron chi connectivity index (χ2n) is 7.09. The molecule has 1 heterocycles. The summed E-state index contributed by atoms with van der Waals surface area (Å²) in [5.41, 5.74) is 2.99. The van der Waals surface area contributed by atoms with Crippen molar-refractivity contribution in [3.05, 3.63) is 53.1 Å². The van der Waals surface area contributed by atoms with Gasteiger partial charge >= 0.3 is 0 Å². The lowest BCUT2D eigenvalue weighted by Crippen LogP contribution is -2.27. The molecule has 0 spiro atoms. The number of halogens is 1. The molecule has 134 valence electrons. The van der Waals surface area contributed by atoms with Crippen molar-refractivity contribution in [2.24, 2.45) is 5.41 Å². The van der Waals surface area contributed by atoms with Crippen LogP contribution >= 0.6 is 15.9 Å². The van der Waals surface area contributed by atoms with Gasteiger partial charge in [-0.2, -0.15) is 0 Å². The maximum absolute atomic E-state index is 12.5. The fraction of sp³-hybridized carbons (Fsp3) is 0.238. The van der Waals surface area contributed by atoms with Crippen molar-refractivity contribution >= 4 is 38.4 Å². The molecule has 5 heteroatoms. The fourth-order valence-corrected chi connectivity index (χ4v) is 3.32. The standard InChI is InChI=1S/C21H21BrN2O2/c1-21(2,3)20(25)24-17-10-6-5-8-13(17)15-12-16(22)19(26-4)18-14(15)9-7-11-23-18/h5-12H,1-4H3,(H,24,25). The Morgan fingerprint density at radius 2 is 1.85 bits per heavy atom. The number of hydrogen-bond acceptors (Lipinski definition) is 3. The van der Waals surface area contributed by atoms with Crippen LogP contribution in [0.1, 0.15) is 20.8 Å². The summed E-state index contributed by atoms with van der Waals surface area (Å²) in [6.45, 7) is 5.69. The maximum atomic E-state index is 12.5. The zero-order valence-electron chi connectivity index (χ0n) is 15.3. The first-order chi connectivity index (χ1) is 12.3. The summed E-state index contributed by atoms with van der Waals surface area (Å²) in [5, 5.41) is 4.02. The number of amides is 1. The van der Waals surface area contributed by atoms with Crippen molar-refractivity contribution in [2.45, 2.75) is 20.8 Å². The van der Waals surface area contributed by atoms with Crippen LogP contribution in [-0.2, 0) is 4.79 Å². The van der Waals surface area contributed by atoms with Crippen molar-refractivity contribution in [3.8, 4) is 16.9 Å². The van der Waals surface area contributed by atoms with Gasteiger partial charge in [0.15, 0.2) is 5.75 Å². The Morgan fingerprint density at radius 3 is 2.54 bits per heavy atom. The number of carbonyl (C=O) groups excluding carboxylic acids is 1. The molecular weight excluding hydrogens is 392 g/mol. The molecule has 0 saturated carbocycles. The molecule has 0 saturated heterocycles. The maximum Gasteiger partial charge on any atom is 0.229 e. The van der Waals surface area contributed by atoms with Crippen molar-refractivity contribution in [2.75, 3.05) is 12.4 Å². The number of nitrogens with zero attached hydrogens (tertiary/aromatic N) is 1. The smallest absolute Gasteiger partial charge is 0.229 e. The third-order valence-electron chi connectivity index (χ3n) is 4.15. The van der Waals surface area contributed by atoms with Gasteiger partial charge in [0.25, 0.3) is 0 Å². The number of carbonyl (C=O) groups is 1. The van der Waals surface area contributed by atoms with Crippen molar-refractivity contribution < 1.29 is 9.53 Å². The van der Waals surface area contributed by atoms with E-state index in [2.05, 4.69) is 26.2 Å². The van der Waals surface area contributed by atoms with E-state index in [1.807, 2.05) is 63.2 Å². The van der Waals surface area contributed by atoms with E-state index >= 15 is 0 Å². The number of methoxy groups -OCH3 is 1. The first-order valence-corrected chi connectivity index (χ1v) is 9.14. The Morgan fingerprint density at radius 1 is 1.12 bits per heavy atom. The number of hydrogen-bond donors (Lipinski definition) is 1. The molecule has 3 aromatic rings. The van der Waals surface area contributed by atoms with Crippen LogP contribution in [0.3, 0.4) is 0 Å². The van der Waals surface area contributed by atoms with E-state index in [-0.39, 0.29) is 5.91 Å². The van der Waals surface area contributed by atoms with Gasteiger partial charge in [0, 0.05) is 28.2 Å². The molecule has 2 aromatic carbocycles. The molecule has 0 aliphatic carbocycles. The number of aromatic nitrogens is 1. The average Bonchev–Trinajstić information content (AvgIpc) is 2.61. The molecular formula is C21H21BrN2O2. The largest absolute Gasteiger partial charge is 0.493 e. The van der Waals surface area contributed by atoms with Gasteiger partial charge < -0.3 is 10.1 Å². The lowest BCUT2D eigenvalue weighted by molar-refractivity contribution is -0.123. The lowest BCUT2D eigenvalue weighted by Gasteiger charge is -2.20. The molecule has 4 nitrogen and oxygen atoms in total. The molecule has 1 N–H and O–H groups in total. The molecule has 0 radical (unpaired) electrons. The van der Waals surface area contributed by atoms with Gasteiger partial charge in [-0.15, -0.1) is 0 Å². The second kappa shape index (κ2) is 7.08. The van der Waals surface area contributed by atoms with E-state index in [0.29, 0.717) is 5.75 Å². The van der Waals surface area contributed by atoms with Gasteiger partial charge in [0.05, 0.1) is 11.6 Å². The van der Waals surface area contributed by atoms with Crippen LogP contribution in [0.2, 0.25) is 0 Å². The van der Waals surface area contributed by atoms with E-state index in [1.165, 1.54) is 0 Å². The topological polar surface area (TPSA) is 51.2 Å². The van der Waals surface area contributed by atoms with Gasteiger partial charge in [-0.1, -0.05) is 45.0 Å². The zero-order valence-corrected chi connectivity index (χ0v) is 16.8. The summed E-state index contributed by atoms with van der Waals surface area (Å²) in [6, 6.07) is 13.7. The summed E-state index contributed by atoms with van der Waals surface area (Å²) < 4.78 is 6.33. The predicted octanol–water partition coefficient (Wildman–Crippen LogP) is 5.66. The first kappa shape index (κ1) is 18.4. The molecule has 0 aliphatic rings. The van der Waals surface area contributed by atoms with Crippen LogP contribution in [-0.4, -0.2) is 18.0 Å². The number of fused-ring (bicyclic) bond motifs is 1. The number of anilines is 1. The van der Waals surface area contributed by atoms with E-state index in [0.717, 1.165) is 32.2 Å². The van der Waals surface area contributed by atoms with E-state index in [9.17, 15) is 4.79 Å². The summed E-state index contributed by atoms with van der Waals surface area (Å²) in [6.07, 6.45) is 1.74. The van der Waals surface area contributed by atoms with Gasteiger partial charge in [0.1, 0.15) is 5.52 Å². The Balaban J connectivity index is 2.21. The van der Waals surface area contributed by atoms with E-state index < -0.39 is 5.41 Å². The Hall–Kier alpha value is -2.40. The third kappa shape index (κ3) is 3.44. The molecule has 0 aliphatic heterocycles. The van der Waals surface area contributed by atoms with Crippen LogP contribution in [0.15, 0.2) is 53.1 Å². The van der Waals surface area contributed by atoms with Crippen LogP contribution in [0.4, 0.5) is 5.69 Å². The Labute approximate surface area is 161 Å². The number of nitrogens with one attached hydrogen (secondary N) is 1. The predicted molar refractivity (Wildman–Crippen MR) is 110 cm³/mol. The number of rotatable bonds is 3. The molecule has 0 unspecified atom stereocenters. The molecule has 26 heavy (non-hydrogen) atoms. The highest BCUT2D eigenvalue weighted by atomic mass is 79.9. The van der Waals surface area contributed by atoms with Crippen molar-refractivity contribution in [3.63, 3.8) is 0 Å². The summed E-state index contributed by atoms with van der Waals surface area (Å²) in [5.74, 6) is 0.667. The monoisotopic (exact) mass is 412 g/mol. The Kier molecular flexibility index (Phi) is 5.01. The highest BCUT2D eigenvalue weighted by molar-refractivity contribution is 9.10. The number of para-hydroxylation sites is 1. The molecule has 1 aromatic heterocycles. The molecule has 0 fully saturated rings. The first-order valence-electron chi connectivity index (χ1n) is 8.35. The summed E-state index contributed by atoms with van der Waals surface area (Å²) >= 11 is 3.58. The summed E-state index contributed by atoms with van der Waals surface area (Å²) in [4.78, 5) is 17.0. The van der Waals surface area contributed by atoms with Crippen LogP contribution in [0.25, 0.3) is 22.0 Å². The Bertz CT molecular complexity index is 977. The number of pyridine rings is 1. The van der Waals surface area contributed by atoms with Gasteiger partial charge in [-0.05, 0) is 39.7 Å². The van der Waals surface area contributed by atoms with E-state index in [4.69, 9.17) is 4.74 Å². The van der Waals surface area contributed by atoms with Gasteiger partial charge in [0.2, 0.25) is 5.91 Å². The average molecular weight is 413 g/mol. The van der Waals surface area contributed by atoms with Crippen molar-refractivity contribution in [1.82, 2.24) is 4.98 Å². The molecule has 3 rings (SSSR count). The minimum Gasteiger partial charge on any atom is -0.493 e. The molecule has 0 atom stereocenters. The zero-order chi connectivity index (χ0) is 18.9. The number of benzene rings is 2. The van der Waals surface area contributed by atoms with Gasteiger partial charge in [-0.3, -0.25) is 9.78 Å². The second-order valence-corrected chi connectivity index (χ2v) is 7.94. The molecule has 1 amide bonds. The summed E-state index contributed by atoms with van der Waals surface area (Å²) in [7, 11) is 1.63. The normalized spacial score (nSPS) is 11.4. The minimum atomic E-state index is -0.475. The van der Waals surface area contributed by atoms with Gasteiger partial charge in [-0.25, -0.2) is 0 Å². The van der Waals surface area contributed by atoms with Crippen LogP contribution in [0.5, 0.6) is 5.75 Å². The molecule has 0 bridgehead atoms. The van der Waals surface area contributed by atoms with E-state index in [1.54, 1.807) is 13.3 Å². The fourth-order valence-electron chi connectivity index (χ4n) is 2.74.